The van der Waals surface area contributed by atoms with Gasteiger partial charge in [-0.3, -0.25) is 19.3 Å². The van der Waals surface area contributed by atoms with Crippen LogP contribution in [-0.2, 0) is 20.9 Å². The molecule has 0 unspecified atom stereocenters. The van der Waals surface area contributed by atoms with E-state index in [1.165, 1.54) is 4.90 Å². The van der Waals surface area contributed by atoms with Gasteiger partial charge in [0, 0.05) is 23.3 Å². The zero-order chi connectivity index (χ0) is 17.0. The van der Waals surface area contributed by atoms with Gasteiger partial charge in [-0.25, -0.2) is 0 Å². The predicted molar refractivity (Wildman–Crippen MR) is 92.1 cm³/mol. The number of amides is 3. The number of benzene rings is 1. The molecule has 0 saturated carbocycles. The van der Waals surface area contributed by atoms with Crippen LogP contribution in [0.25, 0.3) is 0 Å². The van der Waals surface area contributed by atoms with Crippen LogP contribution < -0.4 is 5.32 Å². The highest BCUT2D eigenvalue weighted by molar-refractivity contribution is 8.01. The zero-order valence-corrected chi connectivity index (χ0v) is 14.5. The third kappa shape index (κ3) is 5.39. The summed E-state index contributed by atoms with van der Waals surface area (Å²) in [5.41, 5.74) is 1.59. The van der Waals surface area contributed by atoms with Crippen LogP contribution in [0.1, 0.15) is 39.2 Å². The van der Waals surface area contributed by atoms with Crippen molar-refractivity contribution in [1.82, 2.24) is 4.90 Å². The smallest absolute Gasteiger partial charge is 0.234 e. The van der Waals surface area contributed by atoms with E-state index in [4.69, 9.17) is 0 Å². The summed E-state index contributed by atoms with van der Waals surface area (Å²) in [5, 5.41) is 2.85. The Morgan fingerprint density at radius 3 is 2.22 bits per heavy atom. The number of carbonyl (C=O) groups excluding carboxylic acids is 3. The maximum atomic E-state index is 11.9. The molecule has 23 heavy (non-hydrogen) atoms. The molecule has 0 aliphatic carbocycles. The van der Waals surface area contributed by atoms with E-state index in [1.807, 2.05) is 12.1 Å². The van der Waals surface area contributed by atoms with E-state index < -0.39 is 0 Å². The maximum absolute atomic E-state index is 11.9. The molecule has 1 saturated heterocycles. The lowest BCUT2D eigenvalue weighted by molar-refractivity contribution is -0.139. The van der Waals surface area contributed by atoms with Gasteiger partial charge in [0.1, 0.15) is 0 Å². The van der Waals surface area contributed by atoms with Crippen LogP contribution >= 0.6 is 11.8 Å². The summed E-state index contributed by atoms with van der Waals surface area (Å²) >= 11 is 1.59. The lowest BCUT2D eigenvalue weighted by Gasteiger charge is -2.17. The second kappa shape index (κ2) is 7.17. The van der Waals surface area contributed by atoms with Gasteiger partial charge in [0.2, 0.25) is 17.7 Å². The van der Waals surface area contributed by atoms with Gasteiger partial charge in [0.25, 0.3) is 0 Å². The maximum Gasteiger partial charge on any atom is 0.234 e. The molecule has 1 aromatic carbocycles. The largest absolute Gasteiger partial charge is 0.325 e. The predicted octanol–water partition coefficient (Wildman–Crippen LogP) is 2.81. The molecule has 1 heterocycles. The molecular weight excluding hydrogens is 312 g/mol. The minimum Gasteiger partial charge on any atom is -0.325 e. The molecule has 1 N–H and O–H groups in total. The van der Waals surface area contributed by atoms with E-state index in [0.29, 0.717) is 30.8 Å². The van der Waals surface area contributed by atoms with E-state index in [1.54, 1.807) is 23.9 Å². The fraction of sp³-hybridized carbons (Fsp3) is 0.471. The first-order valence-electron chi connectivity index (χ1n) is 7.60. The topological polar surface area (TPSA) is 66.5 Å². The number of thioether (sulfide) groups is 1. The van der Waals surface area contributed by atoms with Gasteiger partial charge in [-0.05, 0) is 17.7 Å². The highest BCUT2D eigenvalue weighted by Gasteiger charge is 2.28. The molecule has 0 spiro atoms. The lowest BCUT2D eigenvalue weighted by Crippen LogP contribution is -2.28. The van der Waals surface area contributed by atoms with Crippen LogP contribution in [0.2, 0.25) is 0 Å². The van der Waals surface area contributed by atoms with E-state index in [2.05, 4.69) is 26.1 Å². The first-order chi connectivity index (χ1) is 10.7. The van der Waals surface area contributed by atoms with Gasteiger partial charge in [0.15, 0.2) is 0 Å². The van der Waals surface area contributed by atoms with Crippen molar-refractivity contribution < 1.29 is 14.4 Å². The molecule has 0 atom stereocenters. The minimum absolute atomic E-state index is 0.0393. The lowest BCUT2D eigenvalue weighted by atomic mass is 10.2. The molecule has 6 heteroatoms. The highest BCUT2D eigenvalue weighted by Crippen LogP contribution is 2.23. The molecular formula is C17H22N2O3S. The molecule has 124 valence electrons. The number of anilines is 1. The number of imide groups is 1. The second-order valence-electron chi connectivity index (χ2n) is 6.52. The third-order valence-corrected chi connectivity index (χ3v) is 4.64. The van der Waals surface area contributed by atoms with Crippen molar-refractivity contribution in [2.45, 2.75) is 44.9 Å². The Kier molecular flexibility index (Phi) is 5.46. The number of hydrogen-bond donors (Lipinski definition) is 1. The Morgan fingerprint density at radius 1 is 1.13 bits per heavy atom. The summed E-state index contributed by atoms with van der Waals surface area (Å²) in [6, 6.07) is 7.23. The number of likely N-dealkylation sites (tertiary alicyclic amines) is 1. The molecule has 1 fully saturated rings. The summed E-state index contributed by atoms with van der Waals surface area (Å²) in [4.78, 5) is 36.4. The molecule has 5 nitrogen and oxygen atoms in total. The van der Waals surface area contributed by atoms with Gasteiger partial charge >= 0.3 is 0 Å². The van der Waals surface area contributed by atoms with Crippen LogP contribution in [0.15, 0.2) is 24.3 Å². The average molecular weight is 334 g/mol. The summed E-state index contributed by atoms with van der Waals surface area (Å²) in [6.45, 7) is 6.51. The van der Waals surface area contributed by atoms with Crippen LogP contribution in [-0.4, -0.2) is 33.1 Å². The van der Waals surface area contributed by atoms with E-state index >= 15 is 0 Å². The minimum atomic E-state index is -0.119. The molecule has 0 bridgehead atoms. The van der Waals surface area contributed by atoms with Crippen LogP contribution in [0, 0.1) is 0 Å². The summed E-state index contributed by atoms with van der Waals surface area (Å²) < 4.78 is 0.0516. The van der Waals surface area contributed by atoms with E-state index in [-0.39, 0.29) is 22.5 Å². The Labute approximate surface area is 140 Å². The summed E-state index contributed by atoms with van der Waals surface area (Å²) in [7, 11) is 0. The number of carbonyl (C=O) groups is 3. The van der Waals surface area contributed by atoms with E-state index in [9.17, 15) is 14.4 Å². The van der Waals surface area contributed by atoms with Crippen molar-refractivity contribution in [3.05, 3.63) is 29.8 Å². The first-order valence-corrected chi connectivity index (χ1v) is 8.59. The SMILES string of the molecule is CC(C)(C)SCC(=O)Nc1ccc(CN2C(=O)CCC2=O)cc1. The summed E-state index contributed by atoms with van der Waals surface area (Å²) in [5.74, 6) is 0.128. The fourth-order valence-electron chi connectivity index (χ4n) is 2.15. The van der Waals surface area contributed by atoms with E-state index in [0.717, 1.165) is 5.56 Å². The Bertz CT molecular complexity index is 589. The van der Waals surface area contributed by atoms with Gasteiger partial charge in [0.05, 0.1) is 12.3 Å². The first kappa shape index (κ1) is 17.5. The van der Waals surface area contributed by atoms with Crippen molar-refractivity contribution in [3.8, 4) is 0 Å². The highest BCUT2D eigenvalue weighted by atomic mass is 32.2. The van der Waals surface area contributed by atoms with Crippen molar-refractivity contribution in [2.24, 2.45) is 0 Å². The van der Waals surface area contributed by atoms with Gasteiger partial charge in [-0.1, -0.05) is 32.9 Å². The number of nitrogens with one attached hydrogen (secondary N) is 1. The molecule has 1 aromatic rings. The normalized spacial score (nSPS) is 15.2. The monoisotopic (exact) mass is 334 g/mol. The average Bonchev–Trinajstić information content (AvgIpc) is 2.78. The molecule has 2 rings (SSSR count). The molecule has 0 aromatic heterocycles. The quantitative estimate of drug-likeness (QED) is 0.841. The van der Waals surface area contributed by atoms with Crippen molar-refractivity contribution in [1.29, 1.82) is 0 Å². The fourth-order valence-corrected chi connectivity index (χ4v) is 2.79. The Balaban J connectivity index is 1.88. The third-order valence-electron chi connectivity index (χ3n) is 3.37. The zero-order valence-electron chi connectivity index (χ0n) is 13.7. The Hall–Kier alpha value is -1.82. The molecule has 1 aliphatic rings. The van der Waals surface area contributed by atoms with Crippen molar-refractivity contribution >= 4 is 35.2 Å². The number of nitrogens with zero attached hydrogens (tertiary/aromatic N) is 1. The van der Waals surface area contributed by atoms with Crippen LogP contribution in [0.4, 0.5) is 5.69 Å². The number of rotatable bonds is 5. The van der Waals surface area contributed by atoms with Crippen molar-refractivity contribution in [2.75, 3.05) is 11.1 Å². The van der Waals surface area contributed by atoms with Gasteiger partial charge in [-0.15, -0.1) is 11.8 Å². The molecule has 1 aliphatic heterocycles. The Morgan fingerprint density at radius 2 is 1.70 bits per heavy atom. The van der Waals surface area contributed by atoms with Crippen LogP contribution in [0.3, 0.4) is 0 Å². The van der Waals surface area contributed by atoms with Crippen molar-refractivity contribution in [3.63, 3.8) is 0 Å². The van der Waals surface area contributed by atoms with Gasteiger partial charge in [-0.2, -0.15) is 0 Å². The summed E-state index contributed by atoms with van der Waals surface area (Å²) in [6.07, 6.45) is 0.608. The van der Waals surface area contributed by atoms with Crippen LogP contribution in [0.5, 0.6) is 0 Å². The molecule has 0 radical (unpaired) electrons. The van der Waals surface area contributed by atoms with Gasteiger partial charge < -0.3 is 5.32 Å². The molecule has 3 amide bonds. The number of hydrogen-bond acceptors (Lipinski definition) is 4. The standard InChI is InChI=1S/C17H22N2O3S/c1-17(2,3)23-11-14(20)18-13-6-4-12(5-7-13)10-19-15(21)8-9-16(19)22/h4-7H,8-11H2,1-3H3,(H,18,20). The second-order valence-corrected chi connectivity index (χ2v) is 8.32.